The number of piperidine rings is 1. The van der Waals surface area contributed by atoms with Gasteiger partial charge in [0.1, 0.15) is 0 Å². The van der Waals surface area contributed by atoms with Gasteiger partial charge in [-0.25, -0.2) is 13.6 Å². The van der Waals surface area contributed by atoms with Crippen LogP contribution in [0, 0.1) is 0 Å². The van der Waals surface area contributed by atoms with Crippen LogP contribution < -0.4 is 10.5 Å². The van der Waals surface area contributed by atoms with Crippen LogP contribution in [-0.4, -0.2) is 38.5 Å². The number of hydrogen-bond acceptors (Lipinski definition) is 4. The predicted octanol–water partition coefficient (Wildman–Crippen LogP) is 1.37. The van der Waals surface area contributed by atoms with E-state index in [4.69, 9.17) is 5.14 Å². The number of primary sulfonamides is 1. The summed E-state index contributed by atoms with van der Waals surface area (Å²) in [5.74, 6) is 0. The Kier molecular flexibility index (Phi) is 3.48. The van der Waals surface area contributed by atoms with Crippen LogP contribution in [0.4, 0.5) is 5.69 Å². The molecule has 2 unspecified atom stereocenters. The molecule has 2 saturated heterocycles. The Morgan fingerprint density at radius 1 is 1.25 bits per heavy atom. The fourth-order valence-electron chi connectivity index (χ4n) is 3.53. The van der Waals surface area contributed by atoms with Gasteiger partial charge in [-0.05, 0) is 50.9 Å². The van der Waals surface area contributed by atoms with Crippen molar-refractivity contribution in [1.82, 2.24) is 4.90 Å². The molecule has 0 radical (unpaired) electrons. The predicted molar refractivity (Wildman–Crippen MR) is 79.0 cm³/mol. The van der Waals surface area contributed by atoms with Crippen molar-refractivity contribution in [2.45, 2.75) is 48.7 Å². The first-order valence-corrected chi connectivity index (χ1v) is 8.59. The molecule has 3 N–H and O–H groups in total. The van der Waals surface area contributed by atoms with Gasteiger partial charge in [0.2, 0.25) is 10.0 Å². The average Bonchev–Trinajstić information content (AvgIpc) is 2.62. The molecule has 5 nitrogen and oxygen atoms in total. The van der Waals surface area contributed by atoms with Gasteiger partial charge >= 0.3 is 0 Å². The molecule has 3 rings (SSSR count). The minimum Gasteiger partial charge on any atom is -0.382 e. The molecule has 2 atom stereocenters. The van der Waals surface area contributed by atoms with E-state index < -0.39 is 10.0 Å². The lowest BCUT2D eigenvalue weighted by molar-refractivity contribution is 0.169. The number of fused-ring (bicyclic) bond motifs is 2. The number of nitrogens with zero attached hydrogens (tertiary/aromatic N) is 1. The lowest BCUT2D eigenvalue weighted by Gasteiger charge is -2.37. The minimum atomic E-state index is -3.63. The number of rotatable bonds is 3. The van der Waals surface area contributed by atoms with Crippen LogP contribution in [0.5, 0.6) is 0 Å². The van der Waals surface area contributed by atoms with E-state index in [0.717, 1.165) is 18.5 Å². The van der Waals surface area contributed by atoms with Crippen LogP contribution in [0.1, 0.15) is 25.7 Å². The van der Waals surface area contributed by atoms with Crippen LogP contribution >= 0.6 is 0 Å². The monoisotopic (exact) mass is 295 g/mol. The topological polar surface area (TPSA) is 75.4 Å². The Hall–Kier alpha value is -1.11. The van der Waals surface area contributed by atoms with Crippen molar-refractivity contribution in [3.05, 3.63) is 24.3 Å². The van der Waals surface area contributed by atoms with E-state index in [-0.39, 0.29) is 4.90 Å². The van der Waals surface area contributed by atoms with Gasteiger partial charge in [-0.3, -0.25) is 0 Å². The van der Waals surface area contributed by atoms with Crippen LogP contribution in [-0.2, 0) is 10.0 Å². The normalized spacial score (nSPS) is 30.4. The highest BCUT2D eigenvalue weighted by molar-refractivity contribution is 7.89. The zero-order valence-corrected chi connectivity index (χ0v) is 12.4. The van der Waals surface area contributed by atoms with Crippen molar-refractivity contribution in [2.75, 3.05) is 12.4 Å². The number of sulfonamides is 1. The summed E-state index contributed by atoms with van der Waals surface area (Å²) in [5, 5.41) is 8.64. The number of anilines is 1. The van der Waals surface area contributed by atoms with Gasteiger partial charge in [0.25, 0.3) is 0 Å². The summed E-state index contributed by atoms with van der Waals surface area (Å²) in [7, 11) is -1.42. The molecular formula is C14H21N3O2S. The van der Waals surface area contributed by atoms with Gasteiger partial charge < -0.3 is 10.2 Å². The first-order valence-electron chi connectivity index (χ1n) is 7.05. The molecular weight excluding hydrogens is 274 g/mol. The van der Waals surface area contributed by atoms with Gasteiger partial charge in [-0.15, -0.1) is 0 Å². The van der Waals surface area contributed by atoms with Crippen molar-refractivity contribution in [2.24, 2.45) is 5.14 Å². The number of benzene rings is 1. The molecule has 0 aliphatic carbocycles. The minimum absolute atomic E-state index is 0.165. The van der Waals surface area contributed by atoms with Gasteiger partial charge in [-0.1, -0.05) is 6.07 Å². The third-order valence-electron chi connectivity index (χ3n) is 4.63. The zero-order valence-electron chi connectivity index (χ0n) is 11.6. The molecule has 6 heteroatoms. The van der Waals surface area contributed by atoms with Crippen molar-refractivity contribution in [3.63, 3.8) is 0 Å². The second kappa shape index (κ2) is 5.02. The van der Waals surface area contributed by atoms with Gasteiger partial charge in [0.05, 0.1) is 4.90 Å². The summed E-state index contributed by atoms with van der Waals surface area (Å²) in [5.41, 5.74) is 0.838. The Morgan fingerprint density at radius 3 is 2.50 bits per heavy atom. The molecule has 110 valence electrons. The first kappa shape index (κ1) is 13.9. The third-order valence-corrected chi connectivity index (χ3v) is 5.54. The Balaban J connectivity index is 1.73. The summed E-state index contributed by atoms with van der Waals surface area (Å²) in [6.07, 6.45) is 4.78. The van der Waals surface area contributed by atoms with E-state index in [0.29, 0.717) is 18.1 Å². The molecule has 2 fully saturated rings. The van der Waals surface area contributed by atoms with Crippen molar-refractivity contribution in [3.8, 4) is 0 Å². The number of nitrogens with two attached hydrogens (primary N) is 1. The van der Waals surface area contributed by atoms with E-state index in [1.165, 1.54) is 18.9 Å². The Labute approximate surface area is 120 Å². The molecule has 2 bridgehead atoms. The molecule has 0 saturated carbocycles. The SMILES string of the molecule is CN1C2CCC1CC(Nc1cccc(S(N)(=O)=O)c1)C2. The van der Waals surface area contributed by atoms with E-state index >= 15 is 0 Å². The smallest absolute Gasteiger partial charge is 0.238 e. The number of hydrogen-bond donors (Lipinski definition) is 2. The highest BCUT2D eigenvalue weighted by atomic mass is 32.2. The quantitative estimate of drug-likeness (QED) is 0.883. The maximum atomic E-state index is 11.4. The van der Waals surface area contributed by atoms with Crippen molar-refractivity contribution < 1.29 is 8.42 Å². The fraction of sp³-hybridized carbons (Fsp3) is 0.571. The van der Waals surface area contributed by atoms with E-state index in [2.05, 4.69) is 17.3 Å². The fourth-order valence-corrected chi connectivity index (χ4v) is 4.09. The largest absolute Gasteiger partial charge is 0.382 e. The lowest BCUT2D eigenvalue weighted by Crippen LogP contribution is -2.44. The second-order valence-corrected chi connectivity index (χ2v) is 7.50. The first-order chi connectivity index (χ1) is 9.43. The van der Waals surface area contributed by atoms with E-state index in [9.17, 15) is 8.42 Å². The Morgan fingerprint density at radius 2 is 1.90 bits per heavy atom. The van der Waals surface area contributed by atoms with E-state index in [1.54, 1.807) is 12.1 Å². The highest BCUT2D eigenvalue weighted by Gasteiger charge is 2.38. The average molecular weight is 295 g/mol. The molecule has 20 heavy (non-hydrogen) atoms. The summed E-state index contributed by atoms with van der Waals surface area (Å²) < 4.78 is 22.8. The molecule has 2 aliphatic heterocycles. The van der Waals surface area contributed by atoms with Crippen molar-refractivity contribution >= 4 is 15.7 Å². The number of nitrogens with one attached hydrogen (secondary N) is 1. The van der Waals surface area contributed by atoms with Gasteiger partial charge in [-0.2, -0.15) is 0 Å². The highest BCUT2D eigenvalue weighted by Crippen LogP contribution is 2.35. The zero-order chi connectivity index (χ0) is 14.3. The van der Waals surface area contributed by atoms with Crippen LogP contribution in [0.15, 0.2) is 29.2 Å². The standard InChI is InChI=1S/C14H21N3O2S/c1-17-12-5-6-13(17)8-11(7-12)16-10-3-2-4-14(9-10)20(15,18)19/h2-4,9,11-13,16H,5-8H2,1H3,(H2,15,18,19). The van der Waals surface area contributed by atoms with Crippen LogP contribution in [0.25, 0.3) is 0 Å². The molecule has 2 heterocycles. The molecule has 0 spiro atoms. The van der Waals surface area contributed by atoms with Gasteiger partial charge in [0, 0.05) is 23.8 Å². The molecule has 1 aromatic rings. The maximum absolute atomic E-state index is 11.4. The van der Waals surface area contributed by atoms with E-state index in [1.807, 2.05) is 6.07 Å². The van der Waals surface area contributed by atoms with Crippen LogP contribution in [0.3, 0.4) is 0 Å². The molecule has 0 aromatic heterocycles. The van der Waals surface area contributed by atoms with Gasteiger partial charge in [0.15, 0.2) is 0 Å². The second-order valence-electron chi connectivity index (χ2n) is 5.94. The lowest BCUT2D eigenvalue weighted by atomic mass is 9.98. The third kappa shape index (κ3) is 2.68. The summed E-state index contributed by atoms with van der Waals surface area (Å²) in [6, 6.07) is 8.51. The maximum Gasteiger partial charge on any atom is 0.238 e. The molecule has 1 aromatic carbocycles. The van der Waals surface area contributed by atoms with Crippen molar-refractivity contribution in [1.29, 1.82) is 0 Å². The summed E-state index contributed by atoms with van der Waals surface area (Å²) in [6.45, 7) is 0. The Bertz CT molecular complexity index is 588. The summed E-state index contributed by atoms with van der Waals surface area (Å²) in [4.78, 5) is 2.65. The summed E-state index contributed by atoms with van der Waals surface area (Å²) >= 11 is 0. The van der Waals surface area contributed by atoms with Crippen LogP contribution in [0.2, 0.25) is 0 Å². The molecule has 2 aliphatic rings. The molecule has 0 amide bonds.